The fraction of sp³-hybridized carbons (Fsp3) is 0.0625. The zero-order chi connectivity index (χ0) is 14.7. The molecule has 106 valence electrons. The van der Waals surface area contributed by atoms with Gasteiger partial charge in [-0.05, 0) is 34.1 Å². The molecule has 0 spiro atoms. The summed E-state index contributed by atoms with van der Waals surface area (Å²) >= 11 is 11.1. The first-order valence-corrected chi connectivity index (χ1v) is 8.46. The molecule has 0 atom stereocenters. The fourth-order valence-corrected chi connectivity index (χ4v) is 3.50. The highest BCUT2D eigenvalue weighted by molar-refractivity contribution is 9.10. The number of aromatic nitrogens is 1. The van der Waals surface area contributed by atoms with E-state index in [0.717, 1.165) is 26.4 Å². The van der Waals surface area contributed by atoms with Gasteiger partial charge in [-0.1, -0.05) is 41.9 Å². The van der Waals surface area contributed by atoms with Crippen molar-refractivity contribution in [1.29, 1.82) is 0 Å². The molecular weight excluding hydrogens is 368 g/mol. The van der Waals surface area contributed by atoms with Crippen LogP contribution in [0.3, 0.4) is 0 Å². The Bertz CT molecular complexity index is 743. The number of rotatable bonds is 4. The lowest BCUT2D eigenvalue weighted by Gasteiger charge is -2.06. The van der Waals surface area contributed by atoms with Gasteiger partial charge in [-0.25, -0.2) is 4.98 Å². The Morgan fingerprint density at radius 1 is 1.14 bits per heavy atom. The highest BCUT2D eigenvalue weighted by atomic mass is 79.9. The van der Waals surface area contributed by atoms with Gasteiger partial charge in [0.05, 0.1) is 12.2 Å². The molecule has 0 aliphatic carbocycles. The van der Waals surface area contributed by atoms with Gasteiger partial charge in [0.1, 0.15) is 5.01 Å². The van der Waals surface area contributed by atoms with Crippen molar-refractivity contribution in [3.8, 4) is 11.3 Å². The topological polar surface area (TPSA) is 24.9 Å². The van der Waals surface area contributed by atoms with Crippen LogP contribution in [-0.4, -0.2) is 4.98 Å². The van der Waals surface area contributed by atoms with Gasteiger partial charge < -0.3 is 5.32 Å². The third-order valence-corrected chi connectivity index (χ3v) is 4.72. The van der Waals surface area contributed by atoms with Crippen molar-refractivity contribution in [3.05, 3.63) is 68.4 Å². The van der Waals surface area contributed by atoms with E-state index < -0.39 is 0 Å². The zero-order valence-electron chi connectivity index (χ0n) is 11.0. The molecule has 0 saturated heterocycles. The summed E-state index contributed by atoms with van der Waals surface area (Å²) in [4.78, 5) is 4.66. The van der Waals surface area contributed by atoms with Crippen LogP contribution in [0.4, 0.5) is 5.69 Å². The molecule has 1 heterocycles. The largest absolute Gasteiger partial charge is 0.378 e. The van der Waals surface area contributed by atoms with Crippen molar-refractivity contribution in [2.75, 3.05) is 5.32 Å². The van der Waals surface area contributed by atoms with Crippen LogP contribution in [0.15, 0.2) is 58.4 Å². The lowest BCUT2D eigenvalue weighted by atomic mass is 10.2. The summed E-state index contributed by atoms with van der Waals surface area (Å²) in [5.74, 6) is 0. The van der Waals surface area contributed by atoms with E-state index in [4.69, 9.17) is 11.6 Å². The molecule has 0 aliphatic heterocycles. The van der Waals surface area contributed by atoms with Gasteiger partial charge in [-0.2, -0.15) is 0 Å². The van der Waals surface area contributed by atoms with Gasteiger partial charge in [0.15, 0.2) is 0 Å². The molecule has 3 rings (SSSR count). The molecule has 21 heavy (non-hydrogen) atoms. The Labute approximate surface area is 140 Å². The van der Waals surface area contributed by atoms with Gasteiger partial charge in [0, 0.05) is 26.1 Å². The van der Waals surface area contributed by atoms with E-state index >= 15 is 0 Å². The smallest absolute Gasteiger partial charge is 0.112 e. The second kappa shape index (κ2) is 6.60. The van der Waals surface area contributed by atoms with E-state index in [1.54, 1.807) is 11.3 Å². The number of benzene rings is 2. The minimum absolute atomic E-state index is 0.692. The number of halogens is 2. The first kappa shape index (κ1) is 14.6. The molecule has 2 nitrogen and oxygen atoms in total. The Hall–Kier alpha value is -1.36. The summed E-state index contributed by atoms with van der Waals surface area (Å²) in [5.41, 5.74) is 3.18. The molecule has 1 N–H and O–H groups in total. The number of hydrogen-bond acceptors (Lipinski definition) is 3. The van der Waals surface area contributed by atoms with Gasteiger partial charge in [0.2, 0.25) is 0 Å². The number of nitrogens with zero attached hydrogens (tertiary/aromatic N) is 1. The number of hydrogen-bond donors (Lipinski definition) is 1. The fourth-order valence-electron chi connectivity index (χ4n) is 1.94. The van der Waals surface area contributed by atoms with E-state index in [9.17, 15) is 0 Å². The lowest BCUT2D eigenvalue weighted by molar-refractivity contribution is 1.10. The molecule has 5 heteroatoms. The summed E-state index contributed by atoms with van der Waals surface area (Å²) in [7, 11) is 0. The molecule has 1 aromatic heterocycles. The average molecular weight is 380 g/mol. The van der Waals surface area contributed by atoms with Crippen LogP contribution in [0.25, 0.3) is 11.3 Å². The Morgan fingerprint density at radius 3 is 2.71 bits per heavy atom. The molecule has 0 amide bonds. The minimum Gasteiger partial charge on any atom is -0.378 e. The van der Waals surface area contributed by atoms with Crippen molar-refractivity contribution >= 4 is 44.6 Å². The van der Waals surface area contributed by atoms with Crippen LogP contribution in [0, 0.1) is 0 Å². The van der Waals surface area contributed by atoms with E-state index in [1.165, 1.54) is 0 Å². The molecule has 0 fully saturated rings. The van der Waals surface area contributed by atoms with Crippen LogP contribution < -0.4 is 5.32 Å². The van der Waals surface area contributed by atoms with Crippen LogP contribution >= 0.6 is 38.9 Å². The predicted octanol–water partition coefficient (Wildman–Crippen LogP) is 5.84. The maximum Gasteiger partial charge on any atom is 0.112 e. The van der Waals surface area contributed by atoms with Crippen molar-refractivity contribution in [2.24, 2.45) is 0 Å². The van der Waals surface area contributed by atoms with E-state index in [1.807, 2.05) is 36.4 Å². The molecule has 2 aromatic carbocycles. The van der Waals surface area contributed by atoms with Gasteiger partial charge in [-0.15, -0.1) is 11.3 Å². The number of anilines is 1. The molecule has 0 aliphatic rings. The van der Waals surface area contributed by atoms with Crippen LogP contribution in [0.5, 0.6) is 0 Å². The molecule has 0 saturated carbocycles. The molecule has 3 aromatic rings. The lowest BCUT2D eigenvalue weighted by Crippen LogP contribution is -1.99. The molecule has 0 radical (unpaired) electrons. The van der Waals surface area contributed by atoms with E-state index in [2.05, 4.69) is 43.7 Å². The summed E-state index contributed by atoms with van der Waals surface area (Å²) < 4.78 is 0.954. The van der Waals surface area contributed by atoms with E-state index in [-0.39, 0.29) is 0 Å². The molecule has 0 unspecified atom stereocenters. The minimum atomic E-state index is 0.692. The highest BCUT2D eigenvalue weighted by Gasteiger charge is 2.05. The normalized spacial score (nSPS) is 10.6. The average Bonchev–Trinajstić information content (AvgIpc) is 2.96. The second-order valence-electron chi connectivity index (χ2n) is 4.47. The standard InChI is InChI=1S/C16H12BrClN2S/c17-13-8-12(18)6-7-14(13)19-9-16-20-15(10-21-16)11-4-2-1-3-5-11/h1-8,10,19H,9H2. The van der Waals surface area contributed by atoms with Crippen molar-refractivity contribution in [1.82, 2.24) is 4.98 Å². The predicted molar refractivity (Wildman–Crippen MR) is 94.0 cm³/mol. The summed E-state index contributed by atoms with van der Waals surface area (Å²) in [6.07, 6.45) is 0. The zero-order valence-corrected chi connectivity index (χ0v) is 14.2. The summed E-state index contributed by atoms with van der Waals surface area (Å²) in [6.45, 7) is 0.692. The van der Waals surface area contributed by atoms with Crippen LogP contribution in [0.1, 0.15) is 5.01 Å². The summed E-state index contributed by atoms with van der Waals surface area (Å²) in [6, 6.07) is 15.9. The third-order valence-electron chi connectivity index (χ3n) is 2.98. The van der Waals surface area contributed by atoms with Gasteiger partial charge in [0.25, 0.3) is 0 Å². The first-order valence-electron chi connectivity index (χ1n) is 6.41. The van der Waals surface area contributed by atoms with Gasteiger partial charge in [-0.3, -0.25) is 0 Å². The highest BCUT2D eigenvalue weighted by Crippen LogP contribution is 2.27. The van der Waals surface area contributed by atoms with Crippen molar-refractivity contribution in [2.45, 2.75) is 6.54 Å². The Kier molecular flexibility index (Phi) is 4.58. The Morgan fingerprint density at radius 2 is 1.95 bits per heavy atom. The SMILES string of the molecule is Clc1ccc(NCc2nc(-c3ccccc3)cs2)c(Br)c1. The monoisotopic (exact) mass is 378 g/mol. The van der Waals surface area contributed by atoms with E-state index in [0.29, 0.717) is 11.6 Å². The van der Waals surface area contributed by atoms with Gasteiger partial charge >= 0.3 is 0 Å². The molecular formula is C16H12BrClN2S. The van der Waals surface area contributed by atoms with Crippen LogP contribution in [-0.2, 0) is 6.54 Å². The molecule has 0 bridgehead atoms. The van der Waals surface area contributed by atoms with Crippen molar-refractivity contribution in [3.63, 3.8) is 0 Å². The maximum absolute atomic E-state index is 5.94. The van der Waals surface area contributed by atoms with Crippen molar-refractivity contribution < 1.29 is 0 Å². The quantitative estimate of drug-likeness (QED) is 0.616. The first-order chi connectivity index (χ1) is 10.2. The summed E-state index contributed by atoms with van der Waals surface area (Å²) in [5, 5.41) is 7.22. The number of nitrogens with one attached hydrogen (secondary N) is 1. The third kappa shape index (κ3) is 3.64. The maximum atomic E-state index is 5.94. The number of thiazole rings is 1. The Balaban J connectivity index is 1.70. The second-order valence-corrected chi connectivity index (χ2v) is 6.70. The van der Waals surface area contributed by atoms with Crippen LogP contribution in [0.2, 0.25) is 5.02 Å².